The summed E-state index contributed by atoms with van der Waals surface area (Å²) in [6.45, 7) is 5.94. The van der Waals surface area contributed by atoms with Crippen molar-refractivity contribution >= 4 is 0 Å². The van der Waals surface area contributed by atoms with Crippen molar-refractivity contribution in [2.45, 2.75) is 38.8 Å². The number of benzene rings is 1. The van der Waals surface area contributed by atoms with Crippen molar-refractivity contribution in [3.8, 4) is 0 Å². The smallest absolute Gasteiger partial charge is 0.159 e. The molecule has 2 N–H and O–H groups in total. The quantitative estimate of drug-likeness (QED) is 0.686. The van der Waals surface area contributed by atoms with Crippen LogP contribution in [0.2, 0.25) is 0 Å². The summed E-state index contributed by atoms with van der Waals surface area (Å²) >= 11 is 0. The molecule has 0 saturated carbocycles. The van der Waals surface area contributed by atoms with Crippen LogP contribution in [0, 0.1) is 11.6 Å². The second-order valence-corrected chi connectivity index (χ2v) is 4.64. The number of hydrogen-bond acceptors (Lipinski definition) is 3. The van der Waals surface area contributed by atoms with Crippen LogP contribution in [0.3, 0.4) is 0 Å². The predicted molar refractivity (Wildman–Crippen MR) is 74.5 cm³/mol. The third kappa shape index (κ3) is 5.15. The van der Waals surface area contributed by atoms with Crippen molar-refractivity contribution in [1.82, 2.24) is 5.32 Å². The first-order chi connectivity index (χ1) is 9.60. The van der Waals surface area contributed by atoms with Crippen molar-refractivity contribution in [3.63, 3.8) is 0 Å². The Kier molecular flexibility index (Phi) is 7.65. The Balaban J connectivity index is 2.52. The molecule has 0 aromatic heterocycles. The maximum absolute atomic E-state index is 13.2. The van der Waals surface area contributed by atoms with E-state index in [1.54, 1.807) is 0 Å². The number of halogens is 2. The number of nitrogens with one attached hydrogen (secondary N) is 1. The van der Waals surface area contributed by atoms with E-state index in [1.807, 2.05) is 13.8 Å². The molecule has 3 nitrogen and oxygen atoms in total. The van der Waals surface area contributed by atoms with Crippen molar-refractivity contribution in [1.29, 1.82) is 0 Å². The maximum Gasteiger partial charge on any atom is 0.159 e. The van der Waals surface area contributed by atoms with Gasteiger partial charge in [0.15, 0.2) is 11.6 Å². The van der Waals surface area contributed by atoms with Gasteiger partial charge in [-0.15, -0.1) is 0 Å². The minimum Gasteiger partial charge on any atom is -0.387 e. The van der Waals surface area contributed by atoms with Gasteiger partial charge >= 0.3 is 0 Å². The van der Waals surface area contributed by atoms with Gasteiger partial charge in [0.2, 0.25) is 0 Å². The maximum atomic E-state index is 13.2. The molecule has 0 saturated heterocycles. The van der Waals surface area contributed by atoms with Crippen LogP contribution in [0.1, 0.15) is 38.4 Å². The normalized spacial score (nSPS) is 14.2. The van der Waals surface area contributed by atoms with Crippen molar-refractivity contribution in [3.05, 3.63) is 35.4 Å². The van der Waals surface area contributed by atoms with E-state index in [1.165, 1.54) is 6.07 Å². The van der Waals surface area contributed by atoms with Gasteiger partial charge in [-0.2, -0.15) is 0 Å². The van der Waals surface area contributed by atoms with Gasteiger partial charge in [-0.25, -0.2) is 8.78 Å². The van der Waals surface area contributed by atoms with E-state index < -0.39 is 17.7 Å². The lowest BCUT2D eigenvalue weighted by molar-refractivity contribution is 0.117. The number of aliphatic hydroxyl groups is 1. The minimum atomic E-state index is -0.937. The number of hydrogen-bond donors (Lipinski definition) is 2. The van der Waals surface area contributed by atoms with E-state index >= 15 is 0 Å². The molecule has 0 spiro atoms. The van der Waals surface area contributed by atoms with E-state index in [2.05, 4.69) is 5.32 Å². The van der Waals surface area contributed by atoms with Crippen LogP contribution in [-0.2, 0) is 4.74 Å². The van der Waals surface area contributed by atoms with Crippen molar-refractivity contribution < 1.29 is 18.6 Å². The molecule has 5 heteroatoms. The second kappa shape index (κ2) is 9.00. The molecule has 20 heavy (non-hydrogen) atoms. The predicted octanol–water partition coefficient (Wildman–Crippen LogP) is 2.79. The highest BCUT2D eigenvalue weighted by atomic mass is 19.2. The molecular weight excluding hydrogens is 264 g/mol. The summed E-state index contributed by atoms with van der Waals surface area (Å²) in [5, 5.41) is 13.4. The average Bonchev–Trinajstić information content (AvgIpc) is 2.45. The van der Waals surface area contributed by atoms with Crippen LogP contribution in [0.4, 0.5) is 8.78 Å². The highest BCUT2D eigenvalue weighted by molar-refractivity contribution is 5.21. The number of aliphatic hydroxyl groups excluding tert-OH is 1. The van der Waals surface area contributed by atoms with Crippen LogP contribution >= 0.6 is 0 Å². The first-order valence-electron chi connectivity index (χ1n) is 7.04. The fourth-order valence-corrected chi connectivity index (χ4v) is 2.01. The summed E-state index contributed by atoms with van der Waals surface area (Å²) in [4.78, 5) is 0. The summed E-state index contributed by atoms with van der Waals surface area (Å²) < 4.78 is 31.3. The Hall–Kier alpha value is -1.04. The summed E-state index contributed by atoms with van der Waals surface area (Å²) in [6.07, 6.45) is 0.672. The Morgan fingerprint density at radius 3 is 2.60 bits per heavy atom. The average molecular weight is 287 g/mol. The summed E-state index contributed by atoms with van der Waals surface area (Å²) in [6, 6.07) is 3.30. The van der Waals surface area contributed by atoms with Crippen molar-refractivity contribution in [2.75, 3.05) is 19.8 Å². The zero-order valence-corrected chi connectivity index (χ0v) is 12.0. The van der Waals surface area contributed by atoms with Gasteiger partial charge in [-0.05, 0) is 44.0 Å². The largest absolute Gasteiger partial charge is 0.387 e. The molecule has 0 bridgehead atoms. The molecule has 0 fully saturated rings. The third-order valence-electron chi connectivity index (χ3n) is 3.18. The lowest BCUT2D eigenvalue weighted by atomic mass is 10.00. The zero-order valence-electron chi connectivity index (χ0n) is 12.0. The van der Waals surface area contributed by atoms with E-state index in [0.29, 0.717) is 31.7 Å². The first-order valence-corrected chi connectivity index (χ1v) is 7.04. The molecule has 0 heterocycles. The lowest BCUT2D eigenvalue weighted by Crippen LogP contribution is -2.35. The molecule has 0 aliphatic carbocycles. The van der Waals surface area contributed by atoms with Gasteiger partial charge in [0.1, 0.15) is 0 Å². The van der Waals surface area contributed by atoms with Gasteiger partial charge in [-0.3, -0.25) is 0 Å². The highest BCUT2D eigenvalue weighted by Crippen LogP contribution is 2.21. The van der Waals surface area contributed by atoms with E-state index in [4.69, 9.17) is 4.74 Å². The van der Waals surface area contributed by atoms with E-state index in [0.717, 1.165) is 18.6 Å². The fourth-order valence-electron chi connectivity index (χ4n) is 2.01. The number of rotatable bonds is 9. The summed E-state index contributed by atoms with van der Waals surface area (Å²) in [5.41, 5.74) is 0.382. The Bertz CT molecular complexity index is 401. The highest BCUT2D eigenvalue weighted by Gasteiger charge is 2.19. The molecule has 114 valence electrons. The fraction of sp³-hybridized carbons (Fsp3) is 0.600. The minimum absolute atomic E-state index is 0.193. The molecule has 0 radical (unpaired) electrons. The molecule has 2 unspecified atom stereocenters. The lowest BCUT2D eigenvalue weighted by Gasteiger charge is -2.23. The molecule has 0 amide bonds. The molecule has 2 atom stereocenters. The van der Waals surface area contributed by atoms with Crippen LogP contribution in [-0.4, -0.2) is 30.9 Å². The number of ether oxygens (including phenoxy) is 1. The van der Waals surface area contributed by atoms with E-state index in [-0.39, 0.29) is 6.04 Å². The van der Waals surface area contributed by atoms with Crippen LogP contribution in [0.15, 0.2) is 18.2 Å². The summed E-state index contributed by atoms with van der Waals surface area (Å²) in [5.74, 6) is -1.84. The monoisotopic (exact) mass is 287 g/mol. The molecule has 1 aromatic carbocycles. The molecule has 1 aromatic rings. The van der Waals surface area contributed by atoms with Gasteiger partial charge in [0.25, 0.3) is 0 Å². The van der Waals surface area contributed by atoms with Gasteiger partial charge in [0.05, 0.1) is 6.10 Å². The zero-order chi connectivity index (χ0) is 15.0. The molecule has 1 rings (SSSR count). The topological polar surface area (TPSA) is 41.5 Å². The van der Waals surface area contributed by atoms with Gasteiger partial charge < -0.3 is 15.2 Å². The van der Waals surface area contributed by atoms with Crippen molar-refractivity contribution in [2.24, 2.45) is 0 Å². The van der Waals surface area contributed by atoms with E-state index in [9.17, 15) is 13.9 Å². The second-order valence-electron chi connectivity index (χ2n) is 4.64. The standard InChI is InChI=1S/C15H23F2NO2/c1-3-14(18-8-5-9-20-4-2)15(19)11-6-7-12(16)13(17)10-11/h6-7,10,14-15,18-19H,3-5,8-9H2,1-2H3. The van der Waals surface area contributed by atoms with Crippen LogP contribution < -0.4 is 5.32 Å². The molecule has 0 aliphatic heterocycles. The Labute approximate surface area is 119 Å². The van der Waals surface area contributed by atoms with Gasteiger partial charge in [-0.1, -0.05) is 13.0 Å². The Morgan fingerprint density at radius 2 is 2.00 bits per heavy atom. The third-order valence-corrected chi connectivity index (χ3v) is 3.18. The SMILES string of the molecule is CCOCCCNC(CC)C(O)c1ccc(F)c(F)c1. The van der Waals surface area contributed by atoms with Crippen LogP contribution in [0.25, 0.3) is 0 Å². The van der Waals surface area contributed by atoms with Gasteiger partial charge in [0, 0.05) is 19.3 Å². The first kappa shape index (κ1) is 17.0. The summed E-state index contributed by atoms with van der Waals surface area (Å²) in [7, 11) is 0. The molecular formula is C15H23F2NO2. The Morgan fingerprint density at radius 1 is 1.25 bits per heavy atom. The molecule has 0 aliphatic rings. The van der Waals surface area contributed by atoms with Crippen LogP contribution in [0.5, 0.6) is 0 Å².